The second-order valence-electron chi connectivity index (χ2n) is 5.00. The number of rotatable bonds is 6. The Morgan fingerprint density at radius 3 is 2.50 bits per heavy atom. The molecule has 0 spiro atoms. The first kappa shape index (κ1) is 16.2. The minimum Gasteiger partial charge on any atom is -0.273 e. The van der Waals surface area contributed by atoms with Crippen molar-refractivity contribution in [1.82, 2.24) is 9.78 Å². The van der Waals surface area contributed by atoms with Crippen LogP contribution in [0, 0.1) is 0 Å². The molecule has 0 aliphatic heterocycles. The number of aromatic nitrogens is 2. The Morgan fingerprint density at radius 2 is 1.95 bits per heavy atom. The molecule has 0 atom stereocenters. The van der Waals surface area contributed by atoms with Crippen LogP contribution in [0.4, 0.5) is 0 Å². The molecule has 0 saturated heterocycles. The molecule has 0 bridgehead atoms. The Labute approximate surface area is 145 Å². The lowest BCUT2D eigenvalue weighted by molar-refractivity contribution is 0.494. The summed E-state index contributed by atoms with van der Waals surface area (Å²) in [5.74, 6) is 0. The van der Waals surface area contributed by atoms with E-state index in [4.69, 9.17) is 0 Å². The lowest BCUT2D eigenvalue weighted by Gasteiger charge is -2.31. The van der Waals surface area contributed by atoms with E-state index in [0.29, 0.717) is 0 Å². The largest absolute Gasteiger partial charge is 0.273 e. The fourth-order valence-corrected chi connectivity index (χ4v) is 4.84. The van der Waals surface area contributed by atoms with Crippen molar-refractivity contribution in [2.75, 3.05) is 10.7 Å². The molecule has 1 aromatic heterocycles. The van der Waals surface area contributed by atoms with E-state index in [2.05, 4.69) is 83.2 Å². The number of alkyl halides is 2. The van der Waals surface area contributed by atoms with Crippen LogP contribution in [0.3, 0.4) is 0 Å². The predicted octanol–water partition coefficient (Wildman–Crippen LogP) is 4.84. The van der Waals surface area contributed by atoms with Crippen LogP contribution in [0.15, 0.2) is 41.0 Å². The molecule has 1 heterocycles. The zero-order valence-electron chi connectivity index (χ0n) is 11.3. The lowest BCUT2D eigenvalue weighted by Crippen LogP contribution is -2.31. The quantitative estimate of drug-likeness (QED) is 0.559. The van der Waals surface area contributed by atoms with Crippen LogP contribution in [0.1, 0.15) is 17.7 Å². The highest BCUT2D eigenvalue weighted by Crippen LogP contribution is 2.35. The second-order valence-corrected chi connectivity index (χ2v) is 7.04. The highest BCUT2D eigenvalue weighted by molar-refractivity contribution is 9.10. The average molecular weight is 465 g/mol. The Hall–Kier alpha value is -0.130. The van der Waals surface area contributed by atoms with E-state index < -0.39 is 0 Å². The fourth-order valence-electron chi connectivity index (χ4n) is 2.30. The summed E-state index contributed by atoms with van der Waals surface area (Å²) >= 11 is 11.0. The standard InChI is InChI=1S/C15H17Br3N2/c1-20-14(6-8-19-20)5-7-15(10-16,11-17)12-3-2-4-13(18)9-12/h2-4,6,8-9H,5,7,10-11H2,1H3. The van der Waals surface area contributed by atoms with Crippen LogP contribution in [-0.2, 0) is 18.9 Å². The summed E-state index contributed by atoms with van der Waals surface area (Å²) in [7, 11) is 2.00. The highest BCUT2D eigenvalue weighted by atomic mass is 79.9. The minimum absolute atomic E-state index is 0.0913. The number of hydrogen-bond donors (Lipinski definition) is 0. The van der Waals surface area contributed by atoms with Crippen LogP contribution < -0.4 is 0 Å². The van der Waals surface area contributed by atoms with Gasteiger partial charge in [-0.25, -0.2) is 0 Å². The summed E-state index contributed by atoms with van der Waals surface area (Å²) in [5.41, 5.74) is 2.71. The highest BCUT2D eigenvalue weighted by Gasteiger charge is 2.30. The van der Waals surface area contributed by atoms with Crippen LogP contribution in [0.5, 0.6) is 0 Å². The van der Waals surface area contributed by atoms with Gasteiger partial charge in [0.25, 0.3) is 0 Å². The van der Waals surface area contributed by atoms with E-state index in [1.54, 1.807) is 0 Å². The normalized spacial score (nSPS) is 11.8. The first-order valence-electron chi connectivity index (χ1n) is 6.46. The molecule has 0 unspecified atom stereocenters. The zero-order chi connectivity index (χ0) is 14.6. The second kappa shape index (κ2) is 7.23. The van der Waals surface area contributed by atoms with Crippen molar-refractivity contribution in [2.45, 2.75) is 18.3 Å². The number of aryl methyl sites for hydroxylation is 2. The Balaban J connectivity index is 2.23. The van der Waals surface area contributed by atoms with Crippen LogP contribution >= 0.6 is 47.8 Å². The van der Waals surface area contributed by atoms with Crippen molar-refractivity contribution in [3.63, 3.8) is 0 Å². The van der Waals surface area contributed by atoms with Gasteiger partial charge >= 0.3 is 0 Å². The molecule has 0 amide bonds. The summed E-state index contributed by atoms with van der Waals surface area (Å²) in [6.07, 6.45) is 3.94. The molecule has 2 nitrogen and oxygen atoms in total. The smallest absolute Gasteiger partial charge is 0.0492 e. The fraction of sp³-hybridized carbons (Fsp3) is 0.400. The Kier molecular flexibility index (Phi) is 5.87. The van der Waals surface area contributed by atoms with Gasteiger partial charge in [0.1, 0.15) is 0 Å². The van der Waals surface area contributed by atoms with Gasteiger partial charge in [-0.15, -0.1) is 0 Å². The van der Waals surface area contributed by atoms with E-state index in [1.165, 1.54) is 11.3 Å². The minimum atomic E-state index is 0.0913. The van der Waals surface area contributed by atoms with E-state index >= 15 is 0 Å². The molecule has 2 rings (SSSR count). The van der Waals surface area contributed by atoms with Gasteiger partial charge in [-0.1, -0.05) is 59.9 Å². The SMILES string of the molecule is Cn1nccc1CCC(CBr)(CBr)c1cccc(Br)c1. The molecular weight excluding hydrogens is 448 g/mol. The molecule has 0 N–H and O–H groups in total. The monoisotopic (exact) mass is 462 g/mol. The van der Waals surface area contributed by atoms with E-state index in [9.17, 15) is 0 Å². The summed E-state index contributed by atoms with van der Waals surface area (Å²) in [6.45, 7) is 0. The van der Waals surface area contributed by atoms with Crippen LogP contribution in [0.2, 0.25) is 0 Å². The third-order valence-corrected chi connectivity index (χ3v) is 6.37. The van der Waals surface area contributed by atoms with Gasteiger partial charge in [0.2, 0.25) is 0 Å². The van der Waals surface area contributed by atoms with Crippen molar-refractivity contribution in [3.8, 4) is 0 Å². The topological polar surface area (TPSA) is 17.8 Å². The van der Waals surface area contributed by atoms with Crippen molar-refractivity contribution in [3.05, 3.63) is 52.3 Å². The van der Waals surface area contributed by atoms with Gasteiger partial charge in [0.05, 0.1) is 0 Å². The molecule has 20 heavy (non-hydrogen) atoms. The number of benzene rings is 1. The predicted molar refractivity (Wildman–Crippen MR) is 94.9 cm³/mol. The molecule has 108 valence electrons. The molecule has 0 saturated carbocycles. The van der Waals surface area contributed by atoms with Gasteiger partial charge in [-0.2, -0.15) is 5.10 Å². The zero-order valence-corrected chi connectivity index (χ0v) is 16.1. The molecule has 5 heteroatoms. The first-order chi connectivity index (χ1) is 9.61. The Morgan fingerprint density at radius 1 is 1.20 bits per heavy atom. The van der Waals surface area contributed by atoms with Gasteiger partial charge in [0.15, 0.2) is 0 Å². The average Bonchev–Trinajstić information content (AvgIpc) is 2.86. The third kappa shape index (κ3) is 3.55. The first-order valence-corrected chi connectivity index (χ1v) is 9.50. The van der Waals surface area contributed by atoms with Gasteiger partial charge in [0, 0.05) is 39.5 Å². The van der Waals surface area contributed by atoms with Gasteiger partial charge in [-0.3, -0.25) is 4.68 Å². The Bertz CT molecular complexity index is 562. The number of hydrogen-bond acceptors (Lipinski definition) is 1. The maximum atomic E-state index is 4.24. The maximum Gasteiger partial charge on any atom is 0.0492 e. The van der Waals surface area contributed by atoms with Crippen LogP contribution in [-0.4, -0.2) is 20.4 Å². The van der Waals surface area contributed by atoms with Gasteiger partial charge in [-0.05, 0) is 36.6 Å². The van der Waals surface area contributed by atoms with E-state index in [1.807, 2.05) is 17.9 Å². The van der Waals surface area contributed by atoms with Gasteiger partial charge < -0.3 is 0 Å². The third-order valence-electron chi connectivity index (χ3n) is 3.73. The van der Waals surface area contributed by atoms with Crippen molar-refractivity contribution in [1.29, 1.82) is 0 Å². The van der Waals surface area contributed by atoms with E-state index in [-0.39, 0.29) is 5.41 Å². The molecule has 0 fully saturated rings. The molecule has 1 aromatic carbocycles. The summed E-state index contributed by atoms with van der Waals surface area (Å²) in [4.78, 5) is 0. The summed E-state index contributed by atoms with van der Waals surface area (Å²) < 4.78 is 3.08. The van der Waals surface area contributed by atoms with Crippen molar-refractivity contribution >= 4 is 47.8 Å². The molecule has 2 aromatic rings. The van der Waals surface area contributed by atoms with Crippen LogP contribution in [0.25, 0.3) is 0 Å². The summed E-state index contributed by atoms with van der Waals surface area (Å²) in [5, 5.41) is 6.10. The van der Waals surface area contributed by atoms with Crippen molar-refractivity contribution in [2.24, 2.45) is 7.05 Å². The molecule has 0 aliphatic rings. The maximum absolute atomic E-state index is 4.24. The molecule has 0 radical (unpaired) electrons. The number of nitrogens with zero attached hydrogens (tertiary/aromatic N) is 2. The molecule has 0 aliphatic carbocycles. The number of halogens is 3. The summed E-state index contributed by atoms with van der Waals surface area (Å²) in [6, 6.07) is 10.7. The van der Waals surface area contributed by atoms with E-state index in [0.717, 1.165) is 28.0 Å². The molecular formula is C15H17Br3N2. The lowest BCUT2D eigenvalue weighted by atomic mass is 9.80. The van der Waals surface area contributed by atoms with Crippen molar-refractivity contribution < 1.29 is 0 Å².